The molecule has 3 unspecified atom stereocenters. The second kappa shape index (κ2) is 5.11. The Balaban J connectivity index is 1.88. The van der Waals surface area contributed by atoms with Gasteiger partial charge in [-0.05, 0) is 25.3 Å². The lowest BCUT2D eigenvalue weighted by atomic mass is 9.95. The molecule has 0 N–H and O–H groups in total. The van der Waals surface area contributed by atoms with Gasteiger partial charge in [0, 0.05) is 18.4 Å². The quantitative estimate of drug-likeness (QED) is 0.793. The largest absolute Gasteiger partial charge is 0.373 e. The molecule has 112 valence electrons. The molecule has 0 spiro atoms. The minimum absolute atomic E-state index is 0.130. The second-order valence-electron chi connectivity index (χ2n) is 5.77. The van der Waals surface area contributed by atoms with Gasteiger partial charge in [-0.15, -0.1) is 11.6 Å². The van der Waals surface area contributed by atoms with Gasteiger partial charge in [0.2, 0.25) is 0 Å². The highest BCUT2D eigenvalue weighted by atomic mass is 35.5. The zero-order chi connectivity index (χ0) is 14.6. The summed E-state index contributed by atoms with van der Waals surface area (Å²) in [6.45, 7) is 0. The monoisotopic (exact) mass is 328 g/mol. The van der Waals surface area contributed by atoms with Crippen molar-refractivity contribution >= 4 is 34.2 Å². The first kappa shape index (κ1) is 13.8. The van der Waals surface area contributed by atoms with Crippen LogP contribution in [0.4, 0.5) is 4.39 Å². The smallest absolute Gasteiger partial charge is 0.144 e. The molecule has 1 aromatic carbocycles. The average Bonchev–Trinajstić information content (AvgIpc) is 3.13. The summed E-state index contributed by atoms with van der Waals surface area (Å²) in [7, 11) is 0. The van der Waals surface area contributed by atoms with Crippen LogP contribution in [0.3, 0.4) is 0 Å². The molecule has 2 aliphatic rings. The number of rotatable bonds is 3. The summed E-state index contributed by atoms with van der Waals surface area (Å²) >= 11 is 11.9. The molecule has 2 aliphatic heterocycles. The molecule has 2 saturated heterocycles. The van der Waals surface area contributed by atoms with E-state index in [4.69, 9.17) is 27.9 Å². The molecule has 6 heteroatoms. The van der Waals surface area contributed by atoms with Gasteiger partial charge >= 0.3 is 0 Å². The summed E-state index contributed by atoms with van der Waals surface area (Å²) in [5, 5.41) is 0.130. The summed E-state index contributed by atoms with van der Waals surface area (Å²) < 4.78 is 21.8. The summed E-state index contributed by atoms with van der Waals surface area (Å²) in [6, 6.07) is 3.33. The summed E-state index contributed by atoms with van der Waals surface area (Å²) in [6.07, 6.45) is 4.42. The zero-order valence-corrected chi connectivity index (χ0v) is 12.9. The van der Waals surface area contributed by atoms with Gasteiger partial charge < -0.3 is 9.30 Å². The lowest BCUT2D eigenvalue weighted by Gasteiger charge is -2.23. The van der Waals surface area contributed by atoms with Crippen LogP contribution in [0.1, 0.15) is 31.1 Å². The van der Waals surface area contributed by atoms with Crippen molar-refractivity contribution in [3.05, 3.63) is 28.8 Å². The molecular formula is C15H15Cl2FN2O. The number of aryl methyl sites for hydroxylation is 1. The highest BCUT2D eigenvalue weighted by Crippen LogP contribution is 2.43. The second-order valence-corrected chi connectivity index (χ2v) is 6.55. The third kappa shape index (κ3) is 2.16. The van der Waals surface area contributed by atoms with Crippen molar-refractivity contribution in [3.63, 3.8) is 0 Å². The predicted molar refractivity (Wildman–Crippen MR) is 80.7 cm³/mol. The van der Waals surface area contributed by atoms with Gasteiger partial charge in [0.25, 0.3) is 0 Å². The molecule has 21 heavy (non-hydrogen) atoms. The molecule has 0 radical (unpaired) electrons. The lowest BCUT2D eigenvalue weighted by Crippen LogP contribution is -2.22. The molecule has 2 aromatic rings. The topological polar surface area (TPSA) is 27.1 Å². The average molecular weight is 329 g/mol. The Hall–Kier alpha value is -0.840. The molecule has 4 rings (SSSR count). The fraction of sp³-hybridized carbons (Fsp3) is 0.533. The summed E-state index contributed by atoms with van der Waals surface area (Å²) in [5.41, 5.74) is 1.52. The number of fused-ring (bicyclic) bond motifs is 3. The van der Waals surface area contributed by atoms with Crippen LogP contribution in [0, 0.1) is 5.82 Å². The first-order valence-electron chi connectivity index (χ1n) is 7.24. The van der Waals surface area contributed by atoms with Crippen LogP contribution in [0.15, 0.2) is 12.1 Å². The Kier molecular flexibility index (Phi) is 3.36. The Morgan fingerprint density at radius 1 is 1.38 bits per heavy atom. The van der Waals surface area contributed by atoms with Gasteiger partial charge in [-0.2, -0.15) is 0 Å². The van der Waals surface area contributed by atoms with Crippen molar-refractivity contribution in [1.29, 1.82) is 0 Å². The van der Waals surface area contributed by atoms with Gasteiger partial charge in [0.1, 0.15) is 11.6 Å². The molecular weight excluding hydrogens is 314 g/mol. The third-order valence-corrected chi connectivity index (χ3v) is 5.01. The number of halogens is 3. The number of aromatic nitrogens is 2. The van der Waals surface area contributed by atoms with E-state index in [0.717, 1.165) is 30.6 Å². The van der Waals surface area contributed by atoms with Gasteiger partial charge in [0.15, 0.2) is 0 Å². The van der Waals surface area contributed by atoms with Gasteiger partial charge in [0.05, 0.1) is 34.3 Å². The third-order valence-electron chi connectivity index (χ3n) is 4.53. The number of hydrogen-bond donors (Lipinski definition) is 0. The molecule has 2 bridgehead atoms. The molecule has 0 saturated carbocycles. The predicted octanol–water partition coefficient (Wildman–Crippen LogP) is 4.10. The highest BCUT2D eigenvalue weighted by molar-refractivity contribution is 6.31. The fourth-order valence-electron chi connectivity index (χ4n) is 3.65. The SMILES string of the molecule is Fc1cc2nc(CCCl)n(C3CC4CCC3O4)c2cc1Cl. The van der Waals surface area contributed by atoms with Gasteiger partial charge in [-0.3, -0.25) is 0 Å². The zero-order valence-electron chi connectivity index (χ0n) is 11.4. The minimum Gasteiger partial charge on any atom is -0.373 e. The standard InChI is InChI=1S/C15H15Cl2FN2O/c16-4-3-15-19-11-7-10(18)9(17)6-12(11)20(15)13-5-8-1-2-14(13)21-8/h6-8,13-14H,1-5H2. The maximum Gasteiger partial charge on any atom is 0.144 e. The number of alkyl halides is 1. The van der Waals surface area contributed by atoms with E-state index < -0.39 is 5.82 Å². The van der Waals surface area contributed by atoms with Gasteiger partial charge in [-0.25, -0.2) is 9.37 Å². The minimum atomic E-state index is -0.435. The number of nitrogens with zero attached hydrogens (tertiary/aromatic N) is 2. The highest BCUT2D eigenvalue weighted by Gasteiger charge is 2.42. The molecule has 0 amide bonds. The summed E-state index contributed by atoms with van der Waals surface area (Å²) in [4.78, 5) is 4.56. The van der Waals surface area contributed by atoms with E-state index in [-0.39, 0.29) is 17.2 Å². The van der Waals surface area contributed by atoms with E-state index in [2.05, 4.69) is 9.55 Å². The van der Waals surface area contributed by atoms with Crippen molar-refractivity contribution in [2.24, 2.45) is 0 Å². The molecule has 0 aliphatic carbocycles. The normalized spacial score (nSPS) is 27.9. The van der Waals surface area contributed by atoms with Crippen LogP contribution in [-0.4, -0.2) is 27.6 Å². The van der Waals surface area contributed by atoms with Crippen LogP contribution in [0.5, 0.6) is 0 Å². The number of ether oxygens (including phenoxy) is 1. The molecule has 2 fully saturated rings. The number of imidazole rings is 1. The van der Waals surface area contributed by atoms with Crippen LogP contribution >= 0.6 is 23.2 Å². The van der Waals surface area contributed by atoms with Crippen LogP contribution in [0.2, 0.25) is 5.02 Å². The maximum atomic E-state index is 13.7. The van der Waals surface area contributed by atoms with E-state index in [1.165, 1.54) is 6.07 Å². The van der Waals surface area contributed by atoms with Crippen molar-refractivity contribution < 1.29 is 9.13 Å². The van der Waals surface area contributed by atoms with E-state index in [9.17, 15) is 4.39 Å². The molecule has 1 aromatic heterocycles. The Morgan fingerprint density at radius 3 is 2.90 bits per heavy atom. The maximum absolute atomic E-state index is 13.7. The Morgan fingerprint density at radius 2 is 2.24 bits per heavy atom. The van der Waals surface area contributed by atoms with E-state index in [0.29, 0.717) is 23.9 Å². The summed E-state index contributed by atoms with van der Waals surface area (Å²) in [5.74, 6) is 0.944. The first-order chi connectivity index (χ1) is 10.2. The fourth-order valence-corrected chi connectivity index (χ4v) is 3.98. The van der Waals surface area contributed by atoms with E-state index >= 15 is 0 Å². The van der Waals surface area contributed by atoms with Crippen LogP contribution in [0.25, 0.3) is 11.0 Å². The Bertz CT molecular complexity index is 703. The van der Waals surface area contributed by atoms with E-state index in [1.54, 1.807) is 6.07 Å². The lowest BCUT2D eigenvalue weighted by molar-refractivity contribution is 0.0940. The Labute approximate surface area is 132 Å². The van der Waals surface area contributed by atoms with Crippen molar-refractivity contribution in [3.8, 4) is 0 Å². The molecule has 3 heterocycles. The van der Waals surface area contributed by atoms with Crippen molar-refractivity contribution in [2.45, 2.75) is 43.9 Å². The van der Waals surface area contributed by atoms with Crippen LogP contribution < -0.4 is 0 Å². The molecule has 3 nitrogen and oxygen atoms in total. The van der Waals surface area contributed by atoms with Crippen molar-refractivity contribution in [1.82, 2.24) is 9.55 Å². The number of hydrogen-bond acceptors (Lipinski definition) is 2. The first-order valence-corrected chi connectivity index (χ1v) is 8.16. The van der Waals surface area contributed by atoms with Crippen LogP contribution in [-0.2, 0) is 11.2 Å². The van der Waals surface area contributed by atoms with E-state index in [1.807, 2.05) is 0 Å². The molecule has 3 atom stereocenters. The van der Waals surface area contributed by atoms with Gasteiger partial charge in [-0.1, -0.05) is 11.6 Å². The number of benzene rings is 1. The van der Waals surface area contributed by atoms with Crippen molar-refractivity contribution in [2.75, 3.05) is 5.88 Å².